The first-order valence-electron chi connectivity index (χ1n) is 6.70. The number of aliphatic hydroxyl groups excluding tert-OH is 5. The van der Waals surface area contributed by atoms with Gasteiger partial charge in [-0.05, 0) is 20.3 Å². The zero-order valence-corrected chi connectivity index (χ0v) is 12.0. The second-order valence-corrected chi connectivity index (χ2v) is 5.53. The topological polar surface area (TPSA) is 147 Å². The van der Waals surface area contributed by atoms with E-state index in [9.17, 15) is 25.6 Å². The molecule has 1 aliphatic rings. The Morgan fingerprint density at radius 2 is 1.71 bits per heavy atom. The Morgan fingerprint density at radius 1 is 1.14 bits per heavy atom. The van der Waals surface area contributed by atoms with E-state index in [4.69, 9.17) is 10.3 Å². The van der Waals surface area contributed by atoms with Gasteiger partial charge in [0.25, 0.3) is 0 Å². The number of rotatable bonds is 5. The highest BCUT2D eigenvalue weighted by atomic mass is 16.8. The second kappa shape index (κ2) is 7.19. The minimum atomic E-state index is -1.77. The molecule has 1 aliphatic carbocycles. The molecule has 1 rings (SSSR count). The van der Waals surface area contributed by atoms with Gasteiger partial charge in [0.15, 0.2) is 0 Å². The fourth-order valence-corrected chi connectivity index (χ4v) is 2.48. The molecule has 21 heavy (non-hydrogen) atoms. The van der Waals surface area contributed by atoms with E-state index in [1.807, 2.05) is 6.92 Å². The van der Waals surface area contributed by atoms with Gasteiger partial charge in [-0.3, -0.25) is 5.21 Å². The summed E-state index contributed by atoms with van der Waals surface area (Å²) in [5, 5.41) is 68.1. The summed E-state index contributed by atoms with van der Waals surface area (Å²) in [5.74, 6) is -0.883. The van der Waals surface area contributed by atoms with E-state index in [0.29, 0.717) is 0 Å². The summed E-state index contributed by atoms with van der Waals surface area (Å²) in [7, 11) is 0. The fraction of sp³-hybridized carbons (Fsp3) is 0.769. The quantitative estimate of drug-likeness (QED) is 0.157. The van der Waals surface area contributed by atoms with E-state index in [-0.39, 0.29) is 23.5 Å². The third-order valence-electron chi connectivity index (χ3n) is 4.07. The number of aliphatic hydroxyl groups is 5. The molecule has 0 aromatic heterocycles. The summed E-state index contributed by atoms with van der Waals surface area (Å²) in [6.07, 6.45) is -6.32. The highest BCUT2D eigenvalue weighted by Crippen LogP contribution is 2.31. The zero-order chi connectivity index (χ0) is 16.3. The van der Waals surface area contributed by atoms with Crippen molar-refractivity contribution in [3.63, 3.8) is 0 Å². The molecule has 122 valence electrons. The van der Waals surface area contributed by atoms with Crippen molar-refractivity contribution in [1.29, 1.82) is 0 Å². The van der Waals surface area contributed by atoms with Crippen LogP contribution in [-0.2, 0) is 0 Å². The first-order valence-corrected chi connectivity index (χ1v) is 6.70. The molecule has 0 amide bonds. The summed E-state index contributed by atoms with van der Waals surface area (Å²) >= 11 is 0. The molecule has 0 heterocycles. The maximum Gasteiger partial charge on any atom is 0.231 e. The Hall–Kier alpha value is -1.19. The van der Waals surface area contributed by atoms with Crippen LogP contribution < -0.4 is 0 Å². The van der Waals surface area contributed by atoms with E-state index < -0.39 is 36.9 Å². The van der Waals surface area contributed by atoms with Crippen molar-refractivity contribution in [1.82, 2.24) is 0 Å². The molecule has 8 heteroatoms. The van der Waals surface area contributed by atoms with Gasteiger partial charge in [0.1, 0.15) is 18.3 Å². The molecule has 0 spiro atoms. The van der Waals surface area contributed by atoms with E-state index in [1.54, 1.807) is 6.92 Å². The maximum atomic E-state index is 11.2. The number of nitrogens with zero attached hydrogens (tertiary/aromatic N) is 1. The molecule has 0 aromatic rings. The molecule has 0 bridgehead atoms. The van der Waals surface area contributed by atoms with Gasteiger partial charge in [0, 0.05) is 4.90 Å². The number of allylic oxidation sites excluding steroid dienone is 2. The largest absolute Gasteiger partial charge is 0.418 e. The maximum absolute atomic E-state index is 11.2. The van der Waals surface area contributed by atoms with Crippen LogP contribution in [0.5, 0.6) is 0 Å². The first-order chi connectivity index (χ1) is 9.70. The summed E-state index contributed by atoms with van der Waals surface area (Å²) in [6.45, 7) is 2.82. The molecule has 0 aromatic carbocycles. The minimum absolute atomic E-state index is 0.0182. The van der Waals surface area contributed by atoms with Crippen LogP contribution >= 0.6 is 0 Å². The second-order valence-electron chi connectivity index (χ2n) is 5.53. The van der Waals surface area contributed by atoms with Crippen LogP contribution in [0, 0.1) is 11.1 Å². The molecular weight excluding hydrogens is 282 g/mol. The molecule has 0 fully saturated rings. The van der Waals surface area contributed by atoms with Gasteiger partial charge in [-0.15, -0.1) is 0 Å². The van der Waals surface area contributed by atoms with Crippen molar-refractivity contribution in [2.45, 2.75) is 51.1 Å². The number of hydrogen-bond acceptors (Lipinski definition) is 7. The third-order valence-corrected chi connectivity index (χ3v) is 4.07. The standard InChI is InChI=1S/C13H23NO7/c1-6-3-8(9(14(20)21)4-7(6)2)11(17)13(19)12(18)10(16)5-15/h8,10-13,15-19H,3-5H2,1-2H3,(H,20,21)/t8-,10+,11-,12-,13+/m0/s1. The van der Waals surface area contributed by atoms with E-state index in [0.717, 1.165) is 11.1 Å². The minimum Gasteiger partial charge on any atom is -0.418 e. The lowest BCUT2D eigenvalue weighted by Crippen LogP contribution is -2.51. The van der Waals surface area contributed by atoms with E-state index >= 15 is 0 Å². The lowest BCUT2D eigenvalue weighted by molar-refractivity contribution is -0.728. The Balaban J connectivity index is 2.99. The Kier molecular flexibility index (Phi) is 6.11. The average Bonchev–Trinajstić information content (AvgIpc) is 2.46. The van der Waals surface area contributed by atoms with Crippen LogP contribution in [0.4, 0.5) is 0 Å². The summed E-state index contributed by atoms with van der Waals surface area (Å²) in [5.41, 5.74) is 1.78. The average molecular weight is 305 g/mol. The van der Waals surface area contributed by atoms with Crippen LogP contribution in [0.3, 0.4) is 0 Å². The van der Waals surface area contributed by atoms with Crippen molar-refractivity contribution < 1.29 is 35.6 Å². The van der Waals surface area contributed by atoms with Gasteiger partial charge in [-0.25, -0.2) is 0 Å². The van der Waals surface area contributed by atoms with Gasteiger partial charge in [0.2, 0.25) is 5.71 Å². The molecule has 5 atom stereocenters. The summed E-state index contributed by atoms with van der Waals surface area (Å²) < 4.78 is 0. The molecule has 0 saturated carbocycles. The lowest BCUT2D eigenvalue weighted by atomic mass is 9.78. The third kappa shape index (κ3) is 3.92. The Morgan fingerprint density at radius 3 is 2.19 bits per heavy atom. The molecule has 0 saturated heterocycles. The van der Waals surface area contributed by atoms with Gasteiger partial charge in [0.05, 0.1) is 25.0 Å². The molecule has 8 nitrogen and oxygen atoms in total. The predicted molar refractivity (Wildman–Crippen MR) is 72.6 cm³/mol. The smallest absolute Gasteiger partial charge is 0.231 e. The normalized spacial score (nSPS) is 28.0. The fourth-order valence-electron chi connectivity index (χ4n) is 2.48. The van der Waals surface area contributed by atoms with Gasteiger partial charge < -0.3 is 30.7 Å². The Labute approximate surface area is 122 Å². The molecule has 0 aliphatic heterocycles. The molecular formula is C13H23NO7. The first kappa shape index (κ1) is 17.9. The zero-order valence-electron chi connectivity index (χ0n) is 12.0. The van der Waals surface area contributed by atoms with Crippen LogP contribution in [0.2, 0.25) is 0 Å². The van der Waals surface area contributed by atoms with Gasteiger partial charge in [-0.2, -0.15) is 0 Å². The number of hydrogen-bond donors (Lipinski definition) is 6. The molecule has 0 unspecified atom stereocenters. The van der Waals surface area contributed by atoms with Crippen molar-refractivity contribution in [3.8, 4) is 0 Å². The summed E-state index contributed by atoms with van der Waals surface area (Å²) in [6, 6.07) is 0. The molecule has 0 radical (unpaired) electrons. The van der Waals surface area contributed by atoms with Crippen molar-refractivity contribution in [2.24, 2.45) is 5.92 Å². The van der Waals surface area contributed by atoms with Gasteiger partial charge >= 0.3 is 0 Å². The van der Waals surface area contributed by atoms with Crippen molar-refractivity contribution >= 4 is 5.71 Å². The van der Waals surface area contributed by atoms with Crippen molar-refractivity contribution in [3.05, 3.63) is 16.4 Å². The predicted octanol–water partition coefficient (Wildman–Crippen LogP) is -1.49. The monoisotopic (exact) mass is 305 g/mol. The van der Waals surface area contributed by atoms with Crippen LogP contribution in [0.25, 0.3) is 0 Å². The van der Waals surface area contributed by atoms with E-state index in [2.05, 4.69) is 0 Å². The molecule has 6 N–H and O–H groups in total. The van der Waals surface area contributed by atoms with Crippen molar-refractivity contribution in [2.75, 3.05) is 6.61 Å². The van der Waals surface area contributed by atoms with Crippen LogP contribution in [0.1, 0.15) is 26.7 Å². The van der Waals surface area contributed by atoms with Crippen LogP contribution in [-0.4, -0.2) is 72.4 Å². The van der Waals surface area contributed by atoms with Crippen LogP contribution in [0.15, 0.2) is 11.1 Å². The summed E-state index contributed by atoms with van der Waals surface area (Å²) in [4.78, 5) is -0.328. The highest BCUT2D eigenvalue weighted by Gasteiger charge is 2.42. The van der Waals surface area contributed by atoms with E-state index in [1.165, 1.54) is 0 Å². The lowest BCUT2D eigenvalue weighted by Gasteiger charge is -2.32. The Bertz CT molecular complexity index is 430. The van der Waals surface area contributed by atoms with Gasteiger partial charge in [-0.1, -0.05) is 11.1 Å². The SMILES string of the molecule is CC1=C(C)C[C@H]([C@H](O)[C@@H](O)[C@@H](O)[C@H](O)CO)/C(=[N+](\[O-])O)C1. The highest BCUT2D eigenvalue weighted by molar-refractivity contribution is 5.86.